The van der Waals surface area contributed by atoms with Gasteiger partial charge in [0.25, 0.3) is 15.7 Å². The lowest BCUT2D eigenvalue weighted by atomic mass is 10.1. The average molecular weight is 379 g/mol. The molecule has 3 N–H and O–H groups in total. The highest BCUT2D eigenvalue weighted by atomic mass is 32.2. The lowest BCUT2D eigenvalue weighted by Crippen LogP contribution is -2.35. The van der Waals surface area contributed by atoms with E-state index in [1.165, 1.54) is 12.1 Å². The molecule has 0 atom stereocenters. The summed E-state index contributed by atoms with van der Waals surface area (Å²) in [5.41, 5.74) is 6.27. The molecule has 0 fully saturated rings. The molecule has 0 aliphatic rings. The molecule has 2 rings (SSSR count). The summed E-state index contributed by atoms with van der Waals surface area (Å²) in [6, 6.07) is 11.5. The molecule has 0 aliphatic carbocycles. The molecule has 0 radical (unpaired) electrons. The first-order valence-electron chi connectivity index (χ1n) is 7.49. The summed E-state index contributed by atoms with van der Waals surface area (Å²) in [5.74, 6) is -1.37. The third-order valence-corrected chi connectivity index (χ3v) is 5.45. The summed E-state index contributed by atoms with van der Waals surface area (Å²) in [7, 11) is -4.40. The molecule has 0 aromatic heterocycles. The molecule has 2 aromatic rings. The monoisotopic (exact) mass is 379 g/mol. The fourth-order valence-electron chi connectivity index (χ4n) is 2.33. The minimum Gasteiger partial charge on any atom is -0.480 e. The first-order valence-corrected chi connectivity index (χ1v) is 8.93. The van der Waals surface area contributed by atoms with E-state index in [-0.39, 0.29) is 6.54 Å². The van der Waals surface area contributed by atoms with E-state index >= 15 is 0 Å². The third-order valence-electron chi connectivity index (χ3n) is 3.61. The van der Waals surface area contributed by atoms with Crippen LogP contribution >= 0.6 is 0 Å². The van der Waals surface area contributed by atoms with Gasteiger partial charge in [0.1, 0.15) is 6.54 Å². The number of nitrogens with zero attached hydrogens (tertiary/aromatic N) is 2. The molecular formula is C16H17N3O6S. The molecule has 0 saturated carbocycles. The number of rotatable bonds is 8. The van der Waals surface area contributed by atoms with Gasteiger partial charge in [-0.25, -0.2) is 8.42 Å². The predicted octanol–water partition coefficient (Wildman–Crippen LogP) is 1.33. The van der Waals surface area contributed by atoms with Crippen molar-refractivity contribution in [3.8, 4) is 0 Å². The Kier molecular flexibility index (Phi) is 6.03. The van der Waals surface area contributed by atoms with Gasteiger partial charge in [-0.05, 0) is 17.2 Å². The van der Waals surface area contributed by atoms with Gasteiger partial charge in [0, 0.05) is 19.2 Å². The Balaban J connectivity index is 2.44. The van der Waals surface area contributed by atoms with Crippen LogP contribution in [0.4, 0.5) is 5.69 Å². The molecule has 0 aliphatic heterocycles. The Labute approximate surface area is 149 Å². The van der Waals surface area contributed by atoms with Crippen molar-refractivity contribution >= 4 is 21.7 Å². The molecule has 138 valence electrons. The van der Waals surface area contributed by atoms with E-state index in [9.17, 15) is 23.3 Å². The zero-order valence-corrected chi connectivity index (χ0v) is 14.4. The van der Waals surface area contributed by atoms with Gasteiger partial charge in [-0.2, -0.15) is 4.31 Å². The summed E-state index contributed by atoms with van der Waals surface area (Å²) in [4.78, 5) is 20.9. The maximum Gasteiger partial charge on any atom is 0.318 e. The van der Waals surface area contributed by atoms with E-state index in [1.807, 2.05) is 0 Å². The molecule has 0 bridgehead atoms. The van der Waals surface area contributed by atoms with Crippen molar-refractivity contribution in [3.05, 3.63) is 69.8 Å². The smallest absolute Gasteiger partial charge is 0.318 e. The molecule has 10 heteroatoms. The largest absolute Gasteiger partial charge is 0.480 e. The fraction of sp³-hybridized carbons (Fsp3) is 0.188. The highest BCUT2D eigenvalue weighted by molar-refractivity contribution is 7.89. The molecule has 0 saturated heterocycles. The summed E-state index contributed by atoms with van der Waals surface area (Å²) in [6.07, 6.45) is 0. The van der Waals surface area contributed by atoms with Crippen LogP contribution in [0.2, 0.25) is 0 Å². The number of sulfonamides is 1. The minimum absolute atomic E-state index is 0.245. The second-order valence-corrected chi connectivity index (χ2v) is 7.32. The average Bonchev–Trinajstić information content (AvgIpc) is 2.61. The van der Waals surface area contributed by atoms with Crippen LogP contribution in [0.25, 0.3) is 0 Å². The van der Waals surface area contributed by atoms with Gasteiger partial charge in [-0.1, -0.05) is 36.4 Å². The first-order chi connectivity index (χ1) is 12.3. The van der Waals surface area contributed by atoms with Gasteiger partial charge in [0.15, 0.2) is 4.90 Å². The number of nitro groups is 1. The number of benzene rings is 2. The maximum atomic E-state index is 12.9. The van der Waals surface area contributed by atoms with Gasteiger partial charge in [0.2, 0.25) is 0 Å². The van der Waals surface area contributed by atoms with Crippen LogP contribution in [-0.4, -0.2) is 35.3 Å². The Morgan fingerprint density at radius 3 is 2.23 bits per heavy atom. The van der Waals surface area contributed by atoms with E-state index in [0.717, 1.165) is 17.7 Å². The molecule has 0 spiro atoms. The van der Waals surface area contributed by atoms with Gasteiger partial charge < -0.3 is 10.8 Å². The quantitative estimate of drug-likeness (QED) is 0.520. The normalized spacial score (nSPS) is 11.5. The van der Waals surface area contributed by atoms with Gasteiger partial charge in [0.05, 0.1) is 4.92 Å². The van der Waals surface area contributed by atoms with Crippen molar-refractivity contribution < 1.29 is 23.2 Å². The van der Waals surface area contributed by atoms with E-state index in [4.69, 9.17) is 10.8 Å². The van der Waals surface area contributed by atoms with Crippen molar-refractivity contribution in [1.82, 2.24) is 4.31 Å². The molecule has 9 nitrogen and oxygen atoms in total. The lowest BCUT2D eigenvalue weighted by Gasteiger charge is -2.20. The summed E-state index contributed by atoms with van der Waals surface area (Å²) in [5, 5.41) is 20.2. The number of carbonyl (C=O) groups is 1. The van der Waals surface area contributed by atoms with Crippen molar-refractivity contribution in [2.75, 3.05) is 6.54 Å². The second-order valence-electron chi connectivity index (χ2n) is 5.41. The Bertz CT molecular complexity index is 912. The van der Waals surface area contributed by atoms with Crippen LogP contribution in [0.5, 0.6) is 0 Å². The van der Waals surface area contributed by atoms with Crippen molar-refractivity contribution in [2.45, 2.75) is 18.0 Å². The topological polar surface area (TPSA) is 144 Å². The molecular weight excluding hydrogens is 362 g/mol. The summed E-state index contributed by atoms with van der Waals surface area (Å²) < 4.78 is 26.4. The third kappa shape index (κ3) is 4.42. The van der Waals surface area contributed by atoms with E-state index in [0.29, 0.717) is 16.4 Å². The fourth-order valence-corrected chi connectivity index (χ4v) is 3.86. The van der Waals surface area contributed by atoms with Crippen molar-refractivity contribution in [2.24, 2.45) is 5.73 Å². The van der Waals surface area contributed by atoms with Crippen LogP contribution < -0.4 is 5.73 Å². The van der Waals surface area contributed by atoms with Crippen LogP contribution in [0.15, 0.2) is 53.4 Å². The van der Waals surface area contributed by atoms with Crippen molar-refractivity contribution in [3.63, 3.8) is 0 Å². The standard InChI is InChI=1S/C16H17N3O6S/c17-9-12-5-7-13(8-6-12)10-18(11-16(20)21)26(24,25)15-4-2-1-3-14(15)19(22)23/h1-8H,9-11,17H2,(H,20,21). The second kappa shape index (κ2) is 8.04. The summed E-state index contributed by atoms with van der Waals surface area (Å²) >= 11 is 0. The number of nitrogens with two attached hydrogens (primary N) is 1. The summed E-state index contributed by atoms with van der Waals surface area (Å²) in [6.45, 7) is -0.758. The number of hydrogen-bond donors (Lipinski definition) is 2. The number of para-hydroxylation sites is 1. The highest BCUT2D eigenvalue weighted by Crippen LogP contribution is 2.27. The number of nitro benzene ring substituents is 1. The Morgan fingerprint density at radius 1 is 1.12 bits per heavy atom. The number of carboxylic acid groups (broad SMARTS) is 1. The van der Waals surface area contributed by atoms with Crippen molar-refractivity contribution in [1.29, 1.82) is 0 Å². The van der Waals surface area contributed by atoms with E-state index < -0.39 is 38.0 Å². The lowest BCUT2D eigenvalue weighted by molar-refractivity contribution is -0.387. The van der Waals surface area contributed by atoms with E-state index in [2.05, 4.69) is 0 Å². The molecule has 26 heavy (non-hydrogen) atoms. The van der Waals surface area contributed by atoms with Crippen LogP contribution in [0.3, 0.4) is 0 Å². The molecule has 2 aromatic carbocycles. The maximum absolute atomic E-state index is 12.9. The Morgan fingerprint density at radius 2 is 1.69 bits per heavy atom. The van der Waals surface area contributed by atoms with Crippen LogP contribution in [-0.2, 0) is 27.9 Å². The van der Waals surface area contributed by atoms with Crippen LogP contribution in [0.1, 0.15) is 11.1 Å². The van der Waals surface area contributed by atoms with Gasteiger partial charge >= 0.3 is 5.97 Å². The van der Waals surface area contributed by atoms with E-state index in [1.54, 1.807) is 24.3 Å². The first kappa shape index (κ1) is 19.5. The number of aliphatic carboxylic acids is 1. The predicted molar refractivity (Wildman–Crippen MR) is 92.7 cm³/mol. The van der Waals surface area contributed by atoms with Gasteiger partial charge in [-0.3, -0.25) is 14.9 Å². The highest BCUT2D eigenvalue weighted by Gasteiger charge is 2.32. The molecule has 0 amide bonds. The SMILES string of the molecule is NCc1ccc(CN(CC(=O)O)S(=O)(=O)c2ccccc2[N+](=O)[O-])cc1. The van der Waals surface area contributed by atoms with Gasteiger partial charge in [-0.15, -0.1) is 0 Å². The molecule has 0 unspecified atom stereocenters. The zero-order valence-electron chi connectivity index (χ0n) is 13.6. The Hall–Kier alpha value is -2.82. The zero-order chi connectivity index (χ0) is 19.3. The van der Waals surface area contributed by atoms with Crippen LogP contribution in [0, 0.1) is 10.1 Å². The molecule has 0 heterocycles. The number of carboxylic acids is 1. The minimum atomic E-state index is -4.40. The number of hydrogen-bond acceptors (Lipinski definition) is 6.